The smallest absolute Gasteiger partial charge is 0.320 e. The molecule has 0 aliphatic carbocycles. The SMILES string of the molecule is CC(Cl)C(NCc1ccc(C(F)(F)F)cc1)C1(C(=O)N(C(c2ccccc2)c2ccccc2)C(c2ccccc2)c2ccccc2)CNC1. The summed E-state index contributed by atoms with van der Waals surface area (Å²) in [5.74, 6) is -0.0703. The van der Waals surface area contributed by atoms with E-state index in [0.29, 0.717) is 18.7 Å². The van der Waals surface area contributed by atoms with Gasteiger partial charge in [0.25, 0.3) is 0 Å². The Hall–Kier alpha value is -4.43. The summed E-state index contributed by atoms with van der Waals surface area (Å²) in [6.45, 7) is 2.88. The van der Waals surface area contributed by atoms with Crippen LogP contribution in [-0.4, -0.2) is 35.3 Å². The predicted molar refractivity (Wildman–Crippen MR) is 189 cm³/mol. The largest absolute Gasteiger partial charge is 0.416 e. The maximum Gasteiger partial charge on any atom is 0.416 e. The topological polar surface area (TPSA) is 44.4 Å². The fourth-order valence-electron chi connectivity index (χ4n) is 6.94. The lowest BCUT2D eigenvalue weighted by Crippen LogP contribution is -2.72. The van der Waals surface area contributed by atoms with Gasteiger partial charge in [0.1, 0.15) is 0 Å². The third kappa shape index (κ3) is 7.44. The van der Waals surface area contributed by atoms with E-state index in [9.17, 15) is 13.2 Å². The molecule has 4 nitrogen and oxygen atoms in total. The van der Waals surface area contributed by atoms with E-state index < -0.39 is 40.7 Å². The molecule has 0 aromatic heterocycles. The Balaban J connectivity index is 1.48. The number of hydrogen-bond acceptors (Lipinski definition) is 3. The number of nitrogens with zero attached hydrogens (tertiary/aromatic N) is 1. The highest BCUT2D eigenvalue weighted by Gasteiger charge is 2.56. The van der Waals surface area contributed by atoms with Crippen molar-refractivity contribution in [3.05, 3.63) is 179 Å². The van der Waals surface area contributed by atoms with Crippen LogP contribution < -0.4 is 10.6 Å². The third-order valence-electron chi connectivity index (χ3n) is 9.42. The third-order valence-corrected chi connectivity index (χ3v) is 9.67. The van der Waals surface area contributed by atoms with Gasteiger partial charge in [0, 0.05) is 31.1 Å². The maximum atomic E-state index is 15.8. The zero-order valence-corrected chi connectivity index (χ0v) is 27.9. The van der Waals surface area contributed by atoms with E-state index >= 15 is 4.79 Å². The maximum absolute atomic E-state index is 15.8. The lowest BCUT2D eigenvalue weighted by Gasteiger charge is -2.53. The Morgan fingerprint density at radius 3 is 1.41 bits per heavy atom. The molecule has 6 rings (SSSR count). The van der Waals surface area contributed by atoms with E-state index in [1.54, 1.807) is 0 Å². The normalized spacial score (nSPS) is 15.4. The number of alkyl halides is 4. The quantitative estimate of drug-likeness (QED) is 0.129. The number of hydrogen-bond donors (Lipinski definition) is 2. The molecule has 0 bridgehead atoms. The number of amides is 1. The van der Waals surface area contributed by atoms with Gasteiger partial charge in [-0.2, -0.15) is 13.2 Å². The fourth-order valence-corrected chi connectivity index (χ4v) is 7.27. The van der Waals surface area contributed by atoms with E-state index in [1.165, 1.54) is 12.1 Å². The molecule has 1 aliphatic rings. The monoisotopic (exact) mass is 681 g/mol. The van der Waals surface area contributed by atoms with E-state index in [2.05, 4.69) is 59.2 Å². The van der Waals surface area contributed by atoms with Crippen molar-refractivity contribution in [1.82, 2.24) is 15.5 Å². The van der Waals surface area contributed by atoms with E-state index in [1.807, 2.05) is 84.6 Å². The summed E-state index contributed by atoms with van der Waals surface area (Å²) in [6.07, 6.45) is -4.42. The van der Waals surface area contributed by atoms with Gasteiger partial charge in [-0.15, -0.1) is 11.6 Å². The van der Waals surface area contributed by atoms with Gasteiger partial charge in [0.15, 0.2) is 0 Å². The van der Waals surface area contributed by atoms with Crippen LogP contribution in [-0.2, 0) is 17.5 Å². The number of carbonyl (C=O) groups excluding carboxylic acids is 1. The number of carbonyl (C=O) groups is 1. The van der Waals surface area contributed by atoms with Crippen LogP contribution in [0.5, 0.6) is 0 Å². The first kappa shape index (κ1) is 34.4. The minimum atomic E-state index is -4.42. The first-order valence-electron chi connectivity index (χ1n) is 16.5. The van der Waals surface area contributed by atoms with Gasteiger partial charge in [0.05, 0.1) is 23.1 Å². The summed E-state index contributed by atoms with van der Waals surface area (Å²) < 4.78 is 39.8. The highest BCUT2D eigenvalue weighted by molar-refractivity contribution is 6.21. The van der Waals surface area contributed by atoms with Gasteiger partial charge in [-0.1, -0.05) is 133 Å². The minimum Gasteiger partial charge on any atom is -0.320 e. The minimum absolute atomic E-state index is 0.0703. The molecule has 0 saturated carbocycles. The number of halogens is 4. The lowest BCUT2D eigenvalue weighted by atomic mass is 9.71. The summed E-state index contributed by atoms with van der Waals surface area (Å²) in [7, 11) is 0. The van der Waals surface area contributed by atoms with Gasteiger partial charge in [-0.3, -0.25) is 4.79 Å². The molecule has 8 heteroatoms. The highest BCUT2D eigenvalue weighted by Crippen LogP contribution is 2.45. The number of nitrogens with one attached hydrogen (secondary N) is 2. The molecule has 5 aromatic carbocycles. The summed E-state index contributed by atoms with van der Waals surface area (Å²) in [4.78, 5) is 17.8. The zero-order valence-electron chi connectivity index (χ0n) is 27.2. The van der Waals surface area contributed by atoms with Crippen molar-refractivity contribution in [2.45, 2.75) is 43.1 Å². The summed E-state index contributed by atoms with van der Waals surface area (Å²) in [6, 6.07) is 43.9. The number of rotatable bonds is 12. The molecule has 5 aromatic rings. The molecule has 2 N–H and O–H groups in total. The average Bonchev–Trinajstić information content (AvgIpc) is 3.10. The van der Waals surface area contributed by atoms with Crippen LogP contribution in [0.3, 0.4) is 0 Å². The molecule has 1 saturated heterocycles. The molecular weight excluding hydrogens is 643 g/mol. The second kappa shape index (κ2) is 15.0. The van der Waals surface area contributed by atoms with Crippen LogP contribution in [0.4, 0.5) is 13.2 Å². The van der Waals surface area contributed by atoms with Crippen molar-refractivity contribution in [3.8, 4) is 0 Å². The molecule has 1 heterocycles. The van der Waals surface area contributed by atoms with E-state index in [-0.39, 0.29) is 12.5 Å². The fraction of sp³-hybridized carbons (Fsp3) is 0.244. The molecule has 0 radical (unpaired) electrons. The zero-order chi connectivity index (χ0) is 34.4. The van der Waals surface area contributed by atoms with Crippen molar-refractivity contribution in [1.29, 1.82) is 0 Å². The summed E-state index contributed by atoms with van der Waals surface area (Å²) in [5.41, 5.74) is 2.87. The van der Waals surface area contributed by atoms with Gasteiger partial charge in [-0.25, -0.2) is 0 Å². The van der Waals surface area contributed by atoms with Crippen LogP contribution in [0.2, 0.25) is 0 Å². The molecular formula is C41H39ClF3N3O. The molecule has 1 aliphatic heterocycles. The molecule has 252 valence electrons. The molecule has 2 atom stereocenters. The Morgan fingerprint density at radius 2 is 1.10 bits per heavy atom. The summed E-state index contributed by atoms with van der Waals surface area (Å²) >= 11 is 6.96. The first-order chi connectivity index (χ1) is 23.7. The standard InChI is InChI=1S/C41H39ClF3N3O/c1-29(42)38(47-26-30-22-24-35(25-23-30)41(43,44)45)40(27-46-28-40)39(49)48(36(31-14-6-2-7-15-31)32-16-8-3-9-17-32)37(33-18-10-4-11-19-33)34-20-12-5-13-21-34/h2-25,29,36-38,46-47H,26-28H2,1H3. The van der Waals surface area contributed by atoms with Crippen molar-refractivity contribution in [2.24, 2.45) is 5.41 Å². The van der Waals surface area contributed by atoms with Gasteiger partial charge in [-0.05, 0) is 46.9 Å². The van der Waals surface area contributed by atoms with Crippen molar-refractivity contribution in [3.63, 3.8) is 0 Å². The predicted octanol–water partition coefficient (Wildman–Crippen LogP) is 8.79. The molecule has 1 fully saturated rings. The van der Waals surface area contributed by atoms with Gasteiger partial charge >= 0.3 is 6.18 Å². The second-order valence-electron chi connectivity index (χ2n) is 12.7. The van der Waals surface area contributed by atoms with Crippen LogP contribution >= 0.6 is 11.6 Å². The van der Waals surface area contributed by atoms with E-state index in [4.69, 9.17) is 11.6 Å². The second-order valence-corrected chi connectivity index (χ2v) is 13.3. The van der Waals surface area contributed by atoms with Crippen LogP contribution in [0.25, 0.3) is 0 Å². The van der Waals surface area contributed by atoms with Crippen molar-refractivity contribution in [2.75, 3.05) is 13.1 Å². The van der Waals surface area contributed by atoms with Crippen molar-refractivity contribution >= 4 is 17.5 Å². The first-order valence-corrected chi connectivity index (χ1v) is 16.9. The van der Waals surface area contributed by atoms with E-state index in [0.717, 1.165) is 34.4 Å². The average molecular weight is 682 g/mol. The Labute approximate surface area is 290 Å². The lowest BCUT2D eigenvalue weighted by molar-refractivity contribution is -0.152. The molecule has 0 spiro atoms. The van der Waals surface area contributed by atoms with Crippen LogP contribution in [0, 0.1) is 5.41 Å². The van der Waals surface area contributed by atoms with Gasteiger partial charge in [0.2, 0.25) is 5.91 Å². The molecule has 2 unspecified atom stereocenters. The highest BCUT2D eigenvalue weighted by atomic mass is 35.5. The van der Waals surface area contributed by atoms with Crippen LogP contribution in [0.15, 0.2) is 146 Å². The van der Waals surface area contributed by atoms with Crippen LogP contribution in [0.1, 0.15) is 52.4 Å². The Kier molecular flexibility index (Phi) is 10.5. The Morgan fingerprint density at radius 1 is 0.714 bits per heavy atom. The van der Waals surface area contributed by atoms with Gasteiger partial charge < -0.3 is 15.5 Å². The summed E-state index contributed by atoms with van der Waals surface area (Å²) in [5, 5.41) is 6.38. The molecule has 1 amide bonds. The molecule has 49 heavy (non-hydrogen) atoms. The van der Waals surface area contributed by atoms with Crippen molar-refractivity contribution < 1.29 is 18.0 Å². The Bertz CT molecular complexity index is 1620. The number of benzene rings is 5.